The fraction of sp³-hybridized carbons (Fsp3) is 0.564. The van der Waals surface area contributed by atoms with E-state index >= 15 is 0 Å². The lowest BCUT2D eigenvalue weighted by Gasteiger charge is -2.33. The molecule has 26 nitrogen and oxygen atoms in total. The van der Waals surface area contributed by atoms with Gasteiger partial charge in [0, 0.05) is 158 Å². The summed E-state index contributed by atoms with van der Waals surface area (Å²) in [6, 6.07) is 60.0. The Morgan fingerprint density at radius 2 is 0.559 bits per heavy atom. The molecule has 4 N–H and O–H groups in total. The maximum absolute atomic E-state index is 6.51. The van der Waals surface area contributed by atoms with Crippen molar-refractivity contribution in [2.75, 3.05) is 259 Å². The van der Waals surface area contributed by atoms with Gasteiger partial charge in [-0.2, -0.15) is 0 Å². The van der Waals surface area contributed by atoms with Crippen LogP contribution in [0.1, 0.15) is 152 Å². The van der Waals surface area contributed by atoms with Crippen LogP contribution in [0.15, 0.2) is 170 Å². The highest BCUT2D eigenvalue weighted by Crippen LogP contribution is 2.42. The van der Waals surface area contributed by atoms with Crippen LogP contribution in [0, 0.1) is 5.92 Å². The maximum atomic E-state index is 6.51. The molecular weight excluding hydrogens is 1720 g/mol. The number of nitrogens with one attached hydrogen (secondary N) is 4. The normalized spacial score (nSPS) is 20.6. The Morgan fingerprint density at radius 3 is 0.838 bits per heavy atom. The zero-order chi connectivity index (χ0) is 93.9. The topological polar surface area (TPSA) is 227 Å². The molecule has 0 amide bonds. The van der Waals surface area contributed by atoms with Crippen molar-refractivity contribution in [3.8, 4) is 46.0 Å². The van der Waals surface area contributed by atoms with E-state index in [1.54, 1.807) is 42.7 Å². The number of rotatable bonds is 47. The summed E-state index contributed by atoms with van der Waals surface area (Å²) in [5.41, 5.74) is 14.7. The molecule has 9 aliphatic rings. The number of fused-ring (bicyclic) bond motifs is 4. The highest BCUT2D eigenvalue weighted by molar-refractivity contribution is 5.64. The first-order chi connectivity index (χ1) is 67.1. The molecule has 26 heteroatoms. The third kappa shape index (κ3) is 31.7. The Hall–Kier alpha value is -9.20. The number of hydrogen-bond acceptors (Lipinski definition) is 26. The van der Waals surface area contributed by atoms with Crippen LogP contribution in [0.25, 0.3) is 0 Å². The molecule has 8 aromatic carbocycles. The number of benzene rings is 8. The van der Waals surface area contributed by atoms with Gasteiger partial charge in [-0.1, -0.05) is 79.7 Å². The smallest absolute Gasteiger partial charge is 0.142 e. The number of piperidine rings is 4. The molecule has 8 aromatic rings. The van der Waals surface area contributed by atoms with Gasteiger partial charge in [-0.25, -0.2) is 0 Å². The molecule has 0 spiro atoms. The van der Waals surface area contributed by atoms with Gasteiger partial charge in [0.2, 0.25) is 0 Å². The predicted octanol–water partition coefficient (Wildman–Crippen LogP) is 16.4. The van der Waals surface area contributed by atoms with Crippen molar-refractivity contribution in [2.45, 2.75) is 158 Å². The molecule has 4 saturated heterocycles. The van der Waals surface area contributed by atoms with Gasteiger partial charge in [0.1, 0.15) is 79.0 Å². The monoisotopic (exact) mass is 1880 g/mol. The van der Waals surface area contributed by atoms with E-state index in [9.17, 15) is 0 Å². The fourth-order valence-corrected chi connectivity index (χ4v) is 19.1. The van der Waals surface area contributed by atoms with Gasteiger partial charge in [0.05, 0.1) is 126 Å². The maximum Gasteiger partial charge on any atom is 0.142 e. The zero-order valence-electron chi connectivity index (χ0n) is 82.0. The van der Waals surface area contributed by atoms with Crippen molar-refractivity contribution in [3.05, 3.63) is 214 Å². The van der Waals surface area contributed by atoms with Crippen LogP contribution in [0.2, 0.25) is 0 Å². The minimum atomic E-state index is 0.124. The second kappa shape index (κ2) is 56.8. The summed E-state index contributed by atoms with van der Waals surface area (Å²) in [7, 11) is 10.4. The molecule has 136 heavy (non-hydrogen) atoms. The number of ether oxygens (including phenoxy) is 18. The standard InChI is InChI=1S/C28H40N2O5.C28H38N2O4.C27H38N2O5.C27H38N2O4/c1-31-15-3-13-30-14-18-34-27-10-5-22(19-26(27)30)21-35-28-20-29-12-11-25(28)23-6-8-24(9-7-23)33-17-4-16-32-2;1-31-15-2-13-30-14-16-32-27-10-5-22(17-26(27)30)20-34-28-18-29-12-11-25(28)23-6-8-24(9-7-23)33-19-21-3-4-21;1-30-14-3-12-29-13-15-33-26-9-4-21(18-25(26)29)20-34-27-19-28-11-10-24(27)22-5-7-23(8-6-22)32-17-16-31-2;1-3-15-31-23-8-6-22(7-9-23)24-11-12-28-19-27(24)33-20-21-5-10-26-25(18-21)29(14-17-32-26)13-4-16-30-2/h5-10,19,25,28-29H,3-4,11-18,20-21H2,1-2H3;5-10,17,21,25,28-29H,2-4,11-16,18-20H2,1H3;4-9,18,24,27-28H,3,10-17,19-20H2,1-2H3;5-10,18,24,27-28H,3-4,11-17,19-20H2,1-2H3/t2*25-,28+;2*24-,27+/m1111/s1. The van der Waals surface area contributed by atoms with E-state index in [1.807, 2.05) is 12.1 Å². The molecule has 8 aliphatic heterocycles. The summed E-state index contributed by atoms with van der Waals surface area (Å²) < 4.78 is 104. The van der Waals surface area contributed by atoms with Crippen LogP contribution in [-0.2, 0) is 73.8 Å². The van der Waals surface area contributed by atoms with Crippen LogP contribution < -0.4 is 78.8 Å². The largest absolute Gasteiger partial charge is 0.494 e. The second-order valence-corrected chi connectivity index (χ2v) is 36.6. The summed E-state index contributed by atoms with van der Waals surface area (Å²) in [6.07, 6.45) is 13.4. The number of anilines is 4. The minimum absolute atomic E-state index is 0.124. The fourth-order valence-electron chi connectivity index (χ4n) is 19.1. The number of nitrogens with zero attached hydrogens (tertiary/aromatic N) is 4. The highest BCUT2D eigenvalue weighted by atomic mass is 16.5. The lowest BCUT2D eigenvalue weighted by Crippen LogP contribution is -2.41. The van der Waals surface area contributed by atoms with Crippen molar-refractivity contribution in [1.82, 2.24) is 21.3 Å². The van der Waals surface area contributed by atoms with E-state index in [0.717, 1.165) is 305 Å². The van der Waals surface area contributed by atoms with Crippen LogP contribution in [0.3, 0.4) is 0 Å². The van der Waals surface area contributed by atoms with Gasteiger partial charge >= 0.3 is 0 Å². The van der Waals surface area contributed by atoms with Gasteiger partial charge in [0.15, 0.2) is 0 Å². The Balaban J connectivity index is 0.000000145. The molecule has 0 bridgehead atoms. The SMILES string of the molecule is CCCOc1ccc([C@H]2CCNC[C@@H]2OCc2ccc3c(c2)N(CCCOC)CCO3)cc1.COCCCN1CCOc2ccc(CO[C@H]3CNCC[C@@H]3c3ccc(OCC4CC4)cc3)cc21.COCCCN1CCOc2ccc(CO[C@H]3CNCC[C@@H]3c3ccc(OCCOC)cc3)cc21.COCCCOc1ccc([C@H]2CCNC[C@@H]2OCc2ccc3c(c2)N(CCCOC)CCO3)cc1. The van der Waals surface area contributed by atoms with E-state index < -0.39 is 0 Å². The van der Waals surface area contributed by atoms with E-state index in [-0.39, 0.29) is 24.4 Å². The average Bonchev–Trinajstić information content (AvgIpc) is 1.03. The number of hydrogen-bond donors (Lipinski definition) is 4. The molecule has 5 fully saturated rings. The molecular formula is C110H154N8O18. The Bertz CT molecular complexity index is 4710. The minimum Gasteiger partial charge on any atom is -0.494 e. The van der Waals surface area contributed by atoms with Crippen molar-refractivity contribution >= 4 is 22.7 Å². The molecule has 0 aromatic heterocycles. The first-order valence-corrected chi connectivity index (χ1v) is 50.3. The molecule has 8 atom stereocenters. The first kappa shape index (κ1) is 103. The third-order valence-electron chi connectivity index (χ3n) is 26.8. The molecule has 1 aliphatic carbocycles. The summed E-state index contributed by atoms with van der Waals surface area (Å²) in [5, 5.41) is 14.0. The first-order valence-electron chi connectivity index (χ1n) is 50.3. The summed E-state index contributed by atoms with van der Waals surface area (Å²) in [5.74, 6) is 9.83. The van der Waals surface area contributed by atoms with Crippen LogP contribution in [-0.4, -0.2) is 264 Å². The van der Waals surface area contributed by atoms with Crippen molar-refractivity contribution in [2.24, 2.45) is 5.92 Å². The Morgan fingerprint density at radius 1 is 0.287 bits per heavy atom. The van der Waals surface area contributed by atoms with Gasteiger partial charge in [0.25, 0.3) is 0 Å². The molecule has 17 rings (SSSR count). The van der Waals surface area contributed by atoms with Crippen LogP contribution >= 0.6 is 0 Å². The van der Waals surface area contributed by atoms with Crippen molar-refractivity contribution < 1.29 is 85.3 Å². The van der Waals surface area contributed by atoms with Crippen molar-refractivity contribution in [3.63, 3.8) is 0 Å². The van der Waals surface area contributed by atoms with Gasteiger partial charge < -0.3 is 126 Å². The lowest BCUT2D eigenvalue weighted by molar-refractivity contribution is 0.0105. The number of methoxy groups -OCH3 is 6. The molecule has 0 radical (unpaired) electrons. The average molecular weight is 1880 g/mol. The van der Waals surface area contributed by atoms with Crippen LogP contribution in [0.5, 0.6) is 46.0 Å². The highest BCUT2D eigenvalue weighted by Gasteiger charge is 2.34. The zero-order valence-corrected chi connectivity index (χ0v) is 82.0. The molecule has 742 valence electrons. The lowest BCUT2D eigenvalue weighted by atomic mass is 9.87. The van der Waals surface area contributed by atoms with Crippen LogP contribution in [0.4, 0.5) is 22.7 Å². The van der Waals surface area contributed by atoms with E-state index in [4.69, 9.17) is 85.3 Å². The van der Waals surface area contributed by atoms with Crippen molar-refractivity contribution in [1.29, 1.82) is 0 Å². The van der Waals surface area contributed by atoms with E-state index in [0.29, 0.717) is 69.9 Å². The molecule has 0 unspecified atom stereocenters. The summed E-state index contributed by atoms with van der Waals surface area (Å²) in [6.45, 7) is 29.7. The van der Waals surface area contributed by atoms with Gasteiger partial charge in [-0.05, 0) is 244 Å². The Labute approximate surface area is 809 Å². The predicted molar refractivity (Wildman–Crippen MR) is 537 cm³/mol. The van der Waals surface area contributed by atoms with E-state index in [2.05, 4.69) is 206 Å². The molecule has 1 saturated carbocycles. The van der Waals surface area contributed by atoms with E-state index in [1.165, 1.54) is 68.7 Å². The summed E-state index contributed by atoms with van der Waals surface area (Å²) >= 11 is 0. The summed E-state index contributed by atoms with van der Waals surface area (Å²) in [4.78, 5) is 9.58. The quantitative estimate of drug-likeness (QED) is 0.0260. The van der Waals surface area contributed by atoms with Gasteiger partial charge in [-0.3, -0.25) is 0 Å². The third-order valence-corrected chi connectivity index (χ3v) is 26.8. The Kier molecular flexibility index (Phi) is 42.8. The second-order valence-electron chi connectivity index (χ2n) is 36.6. The van der Waals surface area contributed by atoms with Gasteiger partial charge in [-0.15, -0.1) is 0 Å². The molecule has 8 heterocycles.